The normalized spacial score (nSPS) is 23.8. The molecule has 1 nitrogen and oxygen atoms in total. The minimum atomic E-state index is 0.00919. The predicted octanol–water partition coefficient (Wildman–Crippen LogP) is 3.42. The molecule has 1 N–H and O–H groups in total. The summed E-state index contributed by atoms with van der Waals surface area (Å²) in [7, 11) is 0. The lowest BCUT2D eigenvalue weighted by Gasteiger charge is -1.99. The number of alkyl halides is 2. The standard InChI is InChI=1S/C8H11BrClNS/c1-2-7-6(4-3-5-9)11-8(10)12-7/h3-4,8,11H,2,5H2,1H3/b4-3-. The van der Waals surface area contributed by atoms with E-state index in [1.54, 1.807) is 11.8 Å². The van der Waals surface area contributed by atoms with E-state index in [-0.39, 0.29) is 4.83 Å². The zero-order valence-corrected chi connectivity index (χ0v) is 9.97. The van der Waals surface area contributed by atoms with Crippen molar-refractivity contribution < 1.29 is 0 Å². The Bertz CT molecular complexity index is 215. The summed E-state index contributed by atoms with van der Waals surface area (Å²) in [5.41, 5.74) is 1.17. The molecule has 0 saturated carbocycles. The molecular weight excluding hydrogens is 258 g/mol. The maximum atomic E-state index is 5.92. The number of hydrogen-bond acceptors (Lipinski definition) is 2. The third-order valence-corrected chi connectivity index (χ3v) is 3.38. The van der Waals surface area contributed by atoms with Crippen molar-refractivity contribution >= 4 is 39.3 Å². The first-order valence-electron chi connectivity index (χ1n) is 3.80. The monoisotopic (exact) mass is 267 g/mol. The lowest BCUT2D eigenvalue weighted by molar-refractivity contribution is 0.953. The molecule has 0 radical (unpaired) electrons. The highest BCUT2D eigenvalue weighted by atomic mass is 79.9. The summed E-state index contributed by atoms with van der Waals surface area (Å²) in [4.78, 5) is 1.35. The summed E-state index contributed by atoms with van der Waals surface area (Å²) in [5, 5.41) is 4.07. The minimum absolute atomic E-state index is 0.00919. The van der Waals surface area contributed by atoms with Crippen molar-refractivity contribution in [1.82, 2.24) is 5.32 Å². The molecule has 1 unspecified atom stereocenters. The first-order chi connectivity index (χ1) is 5.77. The summed E-state index contributed by atoms with van der Waals surface area (Å²) < 4.78 is 0. The van der Waals surface area contributed by atoms with Crippen molar-refractivity contribution in [3.8, 4) is 0 Å². The molecule has 1 atom stereocenters. The fourth-order valence-electron chi connectivity index (χ4n) is 0.998. The average Bonchev–Trinajstić information content (AvgIpc) is 2.42. The molecule has 0 amide bonds. The molecule has 0 aromatic heterocycles. The molecule has 4 heteroatoms. The molecular formula is C8H11BrClNS. The molecule has 0 aromatic rings. The molecule has 1 aliphatic rings. The van der Waals surface area contributed by atoms with E-state index < -0.39 is 0 Å². The van der Waals surface area contributed by atoms with Crippen LogP contribution >= 0.6 is 39.3 Å². The van der Waals surface area contributed by atoms with Gasteiger partial charge < -0.3 is 5.32 Å². The van der Waals surface area contributed by atoms with E-state index in [1.807, 2.05) is 0 Å². The van der Waals surface area contributed by atoms with E-state index in [0.29, 0.717) is 0 Å². The van der Waals surface area contributed by atoms with Gasteiger partial charge in [-0.05, 0) is 12.5 Å². The van der Waals surface area contributed by atoms with Gasteiger partial charge in [-0.15, -0.1) is 0 Å². The summed E-state index contributed by atoms with van der Waals surface area (Å²) in [5.74, 6) is 0. The number of rotatable bonds is 3. The number of hydrogen-bond donors (Lipinski definition) is 1. The Hall–Kier alpha value is 0.400. The van der Waals surface area contributed by atoms with Crippen LogP contribution in [-0.4, -0.2) is 10.2 Å². The van der Waals surface area contributed by atoms with Gasteiger partial charge in [-0.25, -0.2) is 0 Å². The predicted molar refractivity (Wildman–Crippen MR) is 60.6 cm³/mol. The van der Waals surface area contributed by atoms with Crippen LogP contribution in [0.25, 0.3) is 0 Å². The number of nitrogens with one attached hydrogen (secondary N) is 1. The largest absolute Gasteiger partial charge is 0.360 e. The summed E-state index contributed by atoms with van der Waals surface area (Å²) >= 11 is 11.0. The second-order valence-corrected chi connectivity index (χ2v) is 4.87. The average molecular weight is 269 g/mol. The van der Waals surface area contributed by atoms with Crippen molar-refractivity contribution in [1.29, 1.82) is 0 Å². The molecule has 1 rings (SSSR count). The van der Waals surface area contributed by atoms with Gasteiger partial charge >= 0.3 is 0 Å². The topological polar surface area (TPSA) is 12.0 Å². The molecule has 0 saturated heterocycles. The van der Waals surface area contributed by atoms with Gasteiger partial charge in [-0.3, -0.25) is 0 Å². The molecule has 1 aliphatic heterocycles. The fraction of sp³-hybridized carbons (Fsp3) is 0.500. The molecule has 0 fully saturated rings. The number of halogens is 2. The van der Waals surface area contributed by atoms with Crippen LogP contribution in [0.2, 0.25) is 0 Å². The third kappa shape index (κ3) is 2.71. The molecule has 0 bridgehead atoms. The second-order valence-electron chi connectivity index (χ2n) is 2.33. The Morgan fingerprint density at radius 2 is 2.50 bits per heavy atom. The van der Waals surface area contributed by atoms with Crippen molar-refractivity contribution in [2.75, 3.05) is 5.33 Å². The van der Waals surface area contributed by atoms with Gasteiger partial charge in [-0.1, -0.05) is 52.3 Å². The van der Waals surface area contributed by atoms with Gasteiger partial charge in [0.1, 0.15) is 0 Å². The zero-order chi connectivity index (χ0) is 8.97. The third-order valence-electron chi connectivity index (χ3n) is 1.51. The first-order valence-corrected chi connectivity index (χ1v) is 6.24. The first kappa shape index (κ1) is 10.5. The minimum Gasteiger partial charge on any atom is -0.360 e. The molecule has 0 spiro atoms. The molecule has 0 aromatic carbocycles. The highest BCUT2D eigenvalue weighted by Gasteiger charge is 2.18. The molecule has 0 aliphatic carbocycles. The van der Waals surface area contributed by atoms with Crippen LogP contribution in [0, 0.1) is 0 Å². The summed E-state index contributed by atoms with van der Waals surface area (Å²) in [6.07, 6.45) is 5.18. The van der Waals surface area contributed by atoms with Crippen LogP contribution in [-0.2, 0) is 0 Å². The van der Waals surface area contributed by atoms with E-state index in [0.717, 1.165) is 11.8 Å². The summed E-state index contributed by atoms with van der Waals surface area (Å²) in [6, 6.07) is 0. The molecule has 12 heavy (non-hydrogen) atoms. The van der Waals surface area contributed by atoms with E-state index in [9.17, 15) is 0 Å². The van der Waals surface area contributed by atoms with E-state index in [1.165, 1.54) is 10.6 Å². The number of thioether (sulfide) groups is 1. The molecule has 1 heterocycles. The Morgan fingerprint density at radius 1 is 1.75 bits per heavy atom. The van der Waals surface area contributed by atoms with Gasteiger partial charge in [-0.2, -0.15) is 0 Å². The Balaban J connectivity index is 2.64. The van der Waals surface area contributed by atoms with Gasteiger partial charge in [0, 0.05) is 15.9 Å². The SMILES string of the molecule is CCC1=C(/C=C\CBr)NC(Cl)S1. The van der Waals surface area contributed by atoms with Gasteiger partial charge in [0.05, 0.1) is 0 Å². The van der Waals surface area contributed by atoms with Crippen LogP contribution in [0.5, 0.6) is 0 Å². The lowest BCUT2D eigenvalue weighted by Crippen LogP contribution is -2.12. The Morgan fingerprint density at radius 3 is 3.08 bits per heavy atom. The van der Waals surface area contributed by atoms with Crippen LogP contribution in [0.1, 0.15) is 13.3 Å². The van der Waals surface area contributed by atoms with Crippen LogP contribution in [0.15, 0.2) is 22.8 Å². The highest BCUT2D eigenvalue weighted by Crippen LogP contribution is 2.34. The smallest absolute Gasteiger partial charge is 0.153 e. The van der Waals surface area contributed by atoms with Gasteiger partial charge in [0.2, 0.25) is 0 Å². The second kappa shape index (κ2) is 5.20. The fourth-order valence-corrected chi connectivity index (χ4v) is 2.48. The number of allylic oxidation sites excluding steroid dienone is 3. The van der Waals surface area contributed by atoms with Crippen molar-refractivity contribution in [3.63, 3.8) is 0 Å². The lowest BCUT2D eigenvalue weighted by atomic mass is 10.3. The highest BCUT2D eigenvalue weighted by molar-refractivity contribution is 9.09. The Kier molecular flexibility index (Phi) is 4.54. The van der Waals surface area contributed by atoms with Crippen LogP contribution < -0.4 is 5.32 Å². The van der Waals surface area contributed by atoms with E-state index in [2.05, 4.69) is 40.3 Å². The van der Waals surface area contributed by atoms with Gasteiger partial charge in [0.15, 0.2) is 4.83 Å². The Labute approximate surface area is 90.8 Å². The van der Waals surface area contributed by atoms with Crippen molar-refractivity contribution in [2.45, 2.75) is 18.2 Å². The van der Waals surface area contributed by atoms with E-state index >= 15 is 0 Å². The quantitative estimate of drug-likeness (QED) is 0.622. The van der Waals surface area contributed by atoms with Crippen molar-refractivity contribution in [3.05, 3.63) is 22.8 Å². The van der Waals surface area contributed by atoms with Crippen LogP contribution in [0.4, 0.5) is 0 Å². The van der Waals surface area contributed by atoms with Gasteiger partial charge in [0.25, 0.3) is 0 Å². The van der Waals surface area contributed by atoms with E-state index in [4.69, 9.17) is 11.6 Å². The van der Waals surface area contributed by atoms with Crippen molar-refractivity contribution in [2.24, 2.45) is 0 Å². The maximum Gasteiger partial charge on any atom is 0.153 e. The maximum absolute atomic E-state index is 5.92. The summed E-state index contributed by atoms with van der Waals surface area (Å²) in [6.45, 7) is 2.14. The zero-order valence-electron chi connectivity index (χ0n) is 6.81. The molecule has 68 valence electrons. The van der Waals surface area contributed by atoms with Crippen LogP contribution in [0.3, 0.4) is 0 Å².